The number of amides is 2. The van der Waals surface area contributed by atoms with Gasteiger partial charge in [0, 0.05) is 17.0 Å². The summed E-state index contributed by atoms with van der Waals surface area (Å²) in [5, 5.41) is 6.41. The van der Waals surface area contributed by atoms with Crippen molar-refractivity contribution in [2.75, 3.05) is 10.6 Å². The molecule has 2 N–H and O–H groups in total. The first-order valence-corrected chi connectivity index (χ1v) is 9.10. The summed E-state index contributed by atoms with van der Waals surface area (Å²) >= 11 is 1.57. The van der Waals surface area contributed by atoms with E-state index in [0.29, 0.717) is 11.0 Å². The van der Waals surface area contributed by atoms with Crippen molar-refractivity contribution >= 4 is 34.0 Å². The van der Waals surface area contributed by atoms with E-state index in [1.807, 2.05) is 24.3 Å². The fourth-order valence-corrected chi connectivity index (χ4v) is 4.61. The van der Waals surface area contributed by atoms with Crippen LogP contribution in [-0.4, -0.2) is 16.8 Å². The fourth-order valence-electron chi connectivity index (χ4n) is 3.43. The number of aromatic nitrogens is 1. The third-order valence-corrected chi connectivity index (χ3v) is 5.77. The highest BCUT2D eigenvalue weighted by molar-refractivity contribution is 7.15. The van der Waals surface area contributed by atoms with Crippen molar-refractivity contribution in [3.05, 3.63) is 40.4 Å². The second-order valence-electron chi connectivity index (χ2n) is 6.62. The summed E-state index contributed by atoms with van der Waals surface area (Å²) in [7, 11) is 0. The molecule has 1 aliphatic heterocycles. The lowest BCUT2D eigenvalue weighted by atomic mass is 9.90. The van der Waals surface area contributed by atoms with E-state index >= 15 is 0 Å². The number of fused-ring (bicyclic) bond motifs is 2. The third kappa shape index (κ3) is 2.82. The Hall–Kier alpha value is -2.21. The smallest absolute Gasteiger partial charge is 0.234 e. The van der Waals surface area contributed by atoms with Crippen LogP contribution in [-0.2, 0) is 22.4 Å². The number of carbonyl (C=O) groups is 2. The van der Waals surface area contributed by atoms with Gasteiger partial charge in [-0.05, 0) is 36.8 Å². The fraction of sp³-hybridized carbons (Fsp3) is 0.389. The van der Waals surface area contributed by atoms with E-state index in [4.69, 9.17) is 0 Å². The summed E-state index contributed by atoms with van der Waals surface area (Å²) in [5.41, 5.74) is 2.71. The number of para-hydroxylation sites is 1. The maximum Gasteiger partial charge on any atom is 0.234 e. The van der Waals surface area contributed by atoms with Gasteiger partial charge in [-0.25, -0.2) is 4.98 Å². The molecule has 0 bridgehead atoms. The van der Waals surface area contributed by atoms with Gasteiger partial charge in [-0.2, -0.15) is 0 Å². The van der Waals surface area contributed by atoms with Gasteiger partial charge in [0.05, 0.1) is 11.6 Å². The number of nitrogens with one attached hydrogen (secondary N) is 2. The van der Waals surface area contributed by atoms with E-state index in [-0.39, 0.29) is 18.2 Å². The number of rotatable bonds is 2. The first kappa shape index (κ1) is 15.3. The van der Waals surface area contributed by atoms with E-state index in [0.717, 1.165) is 36.2 Å². The molecule has 124 valence electrons. The highest BCUT2D eigenvalue weighted by Gasteiger charge is 2.31. The van der Waals surface area contributed by atoms with Crippen molar-refractivity contribution in [2.24, 2.45) is 5.92 Å². The van der Waals surface area contributed by atoms with Crippen molar-refractivity contribution in [3.63, 3.8) is 0 Å². The number of aryl methyl sites for hydroxylation is 1. The molecule has 0 fully saturated rings. The average molecular weight is 341 g/mol. The monoisotopic (exact) mass is 341 g/mol. The van der Waals surface area contributed by atoms with Gasteiger partial charge in [-0.3, -0.25) is 9.59 Å². The largest absolute Gasteiger partial charge is 0.326 e. The number of carbonyl (C=O) groups excluding carboxylic acids is 2. The van der Waals surface area contributed by atoms with Gasteiger partial charge in [0.2, 0.25) is 11.8 Å². The Kier molecular flexibility index (Phi) is 3.84. The molecule has 1 aromatic heterocycles. The number of benzene rings is 1. The van der Waals surface area contributed by atoms with Gasteiger partial charge in [0.25, 0.3) is 0 Å². The predicted molar refractivity (Wildman–Crippen MR) is 94.4 cm³/mol. The average Bonchev–Trinajstić information content (AvgIpc) is 2.95. The van der Waals surface area contributed by atoms with E-state index in [1.165, 1.54) is 4.88 Å². The minimum Gasteiger partial charge on any atom is -0.326 e. The zero-order chi connectivity index (χ0) is 16.7. The SMILES string of the molecule is C[C@@H]1CCc2nc(NC(=O)[C@H]3CC(=O)Nc4ccccc43)sc2C1. The van der Waals surface area contributed by atoms with E-state index in [2.05, 4.69) is 22.5 Å². The first-order chi connectivity index (χ1) is 11.6. The Bertz CT molecular complexity index is 814. The molecule has 5 nitrogen and oxygen atoms in total. The molecule has 0 saturated heterocycles. The lowest BCUT2D eigenvalue weighted by molar-refractivity contribution is -0.123. The Morgan fingerprint density at radius 2 is 2.17 bits per heavy atom. The van der Waals surface area contributed by atoms with Gasteiger partial charge in [0.15, 0.2) is 5.13 Å². The summed E-state index contributed by atoms with van der Waals surface area (Å²) in [6.45, 7) is 2.25. The maximum absolute atomic E-state index is 12.7. The van der Waals surface area contributed by atoms with Crippen LogP contribution in [0.15, 0.2) is 24.3 Å². The van der Waals surface area contributed by atoms with Crippen molar-refractivity contribution in [3.8, 4) is 0 Å². The summed E-state index contributed by atoms with van der Waals surface area (Å²) in [6.07, 6.45) is 3.35. The molecule has 0 saturated carbocycles. The normalized spacial score (nSPS) is 22.3. The standard InChI is InChI=1S/C18H19N3O2S/c1-10-6-7-14-15(8-10)24-18(20-14)21-17(23)12-9-16(22)19-13-5-3-2-4-11(12)13/h2-5,10,12H,6-9H2,1H3,(H,19,22)(H,20,21,23)/t10-,12+/m1/s1. The first-order valence-electron chi connectivity index (χ1n) is 8.28. The molecule has 2 amide bonds. The van der Waals surface area contributed by atoms with Gasteiger partial charge in [0.1, 0.15) is 0 Å². The maximum atomic E-state index is 12.7. The van der Waals surface area contributed by atoms with E-state index < -0.39 is 5.92 Å². The number of nitrogens with zero attached hydrogens (tertiary/aromatic N) is 1. The zero-order valence-corrected chi connectivity index (χ0v) is 14.3. The Morgan fingerprint density at radius 1 is 1.33 bits per heavy atom. The predicted octanol–water partition coefficient (Wildman–Crippen LogP) is 3.33. The van der Waals surface area contributed by atoms with Crippen LogP contribution in [0.25, 0.3) is 0 Å². The van der Waals surface area contributed by atoms with Crippen LogP contribution >= 0.6 is 11.3 Å². The second kappa shape index (κ2) is 6.02. The Balaban J connectivity index is 1.56. The van der Waals surface area contributed by atoms with Gasteiger partial charge < -0.3 is 10.6 Å². The van der Waals surface area contributed by atoms with Crippen molar-refractivity contribution < 1.29 is 9.59 Å². The zero-order valence-electron chi connectivity index (χ0n) is 13.5. The minimum absolute atomic E-state index is 0.124. The molecular weight excluding hydrogens is 322 g/mol. The molecule has 0 spiro atoms. The van der Waals surface area contributed by atoms with Gasteiger partial charge >= 0.3 is 0 Å². The Morgan fingerprint density at radius 3 is 3.04 bits per heavy atom. The molecule has 2 heterocycles. The molecule has 2 aromatic rings. The topological polar surface area (TPSA) is 71.1 Å². The number of anilines is 2. The molecule has 6 heteroatoms. The minimum atomic E-state index is -0.463. The van der Waals surface area contributed by atoms with Crippen molar-refractivity contribution in [1.82, 2.24) is 4.98 Å². The molecular formula is C18H19N3O2S. The summed E-state index contributed by atoms with van der Waals surface area (Å²) in [5.74, 6) is -0.0669. The Labute approximate surface area is 144 Å². The number of hydrogen-bond donors (Lipinski definition) is 2. The highest BCUT2D eigenvalue weighted by atomic mass is 32.1. The van der Waals surface area contributed by atoms with Crippen LogP contribution in [0.5, 0.6) is 0 Å². The lowest BCUT2D eigenvalue weighted by Gasteiger charge is -2.24. The van der Waals surface area contributed by atoms with E-state index in [9.17, 15) is 9.59 Å². The number of thiazole rings is 1. The van der Waals surface area contributed by atoms with Crippen LogP contribution in [0.3, 0.4) is 0 Å². The van der Waals surface area contributed by atoms with Crippen molar-refractivity contribution in [2.45, 2.75) is 38.5 Å². The van der Waals surface area contributed by atoms with Crippen LogP contribution in [0.2, 0.25) is 0 Å². The van der Waals surface area contributed by atoms with Gasteiger partial charge in [-0.1, -0.05) is 25.1 Å². The molecule has 1 aliphatic carbocycles. The van der Waals surface area contributed by atoms with Gasteiger partial charge in [-0.15, -0.1) is 11.3 Å². The molecule has 0 radical (unpaired) electrons. The third-order valence-electron chi connectivity index (χ3n) is 4.73. The molecule has 2 atom stereocenters. The van der Waals surface area contributed by atoms with Crippen LogP contribution in [0.4, 0.5) is 10.8 Å². The van der Waals surface area contributed by atoms with Crippen LogP contribution in [0, 0.1) is 5.92 Å². The molecule has 1 aromatic carbocycles. The van der Waals surface area contributed by atoms with Crippen LogP contribution < -0.4 is 10.6 Å². The summed E-state index contributed by atoms with van der Waals surface area (Å²) in [6, 6.07) is 7.47. The van der Waals surface area contributed by atoms with Crippen molar-refractivity contribution in [1.29, 1.82) is 0 Å². The summed E-state index contributed by atoms with van der Waals surface area (Å²) in [4.78, 5) is 30.5. The van der Waals surface area contributed by atoms with Crippen LogP contribution in [0.1, 0.15) is 41.8 Å². The molecule has 2 aliphatic rings. The molecule has 4 rings (SSSR count). The number of hydrogen-bond acceptors (Lipinski definition) is 4. The molecule has 24 heavy (non-hydrogen) atoms. The second-order valence-corrected chi connectivity index (χ2v) is 7.70. The van der Waals surface area contributed by atoms with E-state index in [1.54, 1.807) is 11.3 Å². The lowest BCUT2D eigenvalue weighted by Crippen LogP contribution is -2.30. The highest BCUT2D eigenvalue weighted by Crippen LogP contribution is 2.35. The molecule has 0 unspecified atom stereocenters. The summed E-state index contributed by atoms with van der Waals surface area (Å²) < 4.78 is 0. The quantitative estimate of drug-likeness (QED) is 0.880.